The Morgan fingerprint density at radius 2 is 2.35 bits per heavy atom. The van der Waals surface area contributed by atoms with Crippen LogP contribution in [0.4, 0.5) is 0 Å². The van der Waals surface area contributed by atoms with Gasteiger partial charge in [-0.1, -0.05) is 18.6 Å². The predicted octanol–water partition coefficient (Wildman–Crippen LogP) is 2.58. The number of carbonyl (C=O) groups is 1. The van der Waals surface area contributed by atoms with Gasteiger partial charge >= 0.3 is 0 Å². The molecule has 6 heteroatoms. The Kier molecular flexibility index (Phi) is 3.85. The molecule has 2 rings (SSSR count). The third kappa shape index (κ3) is 2.53. The van der Waals surface area contributed by atoms with Gasteiger partial charge in [-0.2, -0.15) is 0 Å². The molecule has 0 spiro atoms. The van der Waals surface area contributed by atoms with E-state index in [-0.39, 0.29) is 5.91 Å². The highest BCUT2D eigenvalue weighted by Crippen LogP contribution is 2.41. The molecule has 1 amide bonds. The van der Waals surface area contributed by atoms with Crippen molar-refractivity contribution < 1.29 is 4.79 Å². The molecule has 1 heterocycles. The summed E-state index contributed by atoms with van der Waals surface area (Å²) in [6, 6.07) is 2.00. The summed E-state index contributed by atoms with van der Waals surface area (Å²) in [5.74, 6) is -0.0271. The molecule has 0 unspecified atom stereocenters. The lowest BCUT2D eigenvalue weighted by Gasteiger charge is -2.39. The fraction of sp³-hybridized carbons (Fsp3) is 0.455. The van der Waals surface area contributed by atoms with E-state index in [1.165, 1.54) is 0 Å². The molecule has 17 heavy (non-hydrogen) atoms. The Balaban J connectivity index is 1.95. The molecule has 0 radical (unpaired) electrons. The van der Waals surface area contributed by atoms with E-state index in [9.17, 15) is 4.79 Å². The van der Waals surface area contributed by atoms with Crippen LogP contribution < -0.4 is 11.1 Å². The van der Waals surface area contributed by atoms with Crippen molar-refractivity contribution in [1.82, 2.24) is 5.32 Å². The largest absolute Gasteiger partial charge is 0.392 e. The minimum atomic E-state index is -0.580. The SMILES string of the molecule is NC(=S)C1(C(=O)NCc2cc(Br)cs2)CCC1. The quantitative estimate of drug-likeness (QED) is 0.833. The fourth-order valence-electron chi connectivity index (χ4n) is 1.90. The first-order valence-electron chi connectivity index (χ1n) is 5.36. The van der Waals surface area contributed by atoms with Crippen molar-refractivity contribution in [3.8, 4) is 0 Å². The summed E-state index contributed by atoms with van der Waals surface area (Å²) >= 11 is 10.00. The first kappa shape index (κ1) is 13.0. The maximum absolute atomic E-state index is 12.1. The maximum Gasteiger partial charge on any atom is 0.233 e. The highest BCUT2D eigenvalue weighted by Gasteiger charge is 2.46. The molecule has 0 aliphatic heterocycles. The van der Waals surface area contributed by atoms with E-state index in [2.05, 4.69) is 21.2 Å². The average molecular weight is 333 g/mol. The Morgan fingerprint density at radius 1 is 1.65 bits per heavy atom. The van der Waals surface area contributed by atoms with Gasteiger partial charge in [0.25, 0.3) is 0 Å². The van der Waals surface area contributed by atoms with Crippen LogP contribution in [0.3, 0.4) is 0 Å². The predicted molar refractivity (Wildman–Crippen MR) is 76.9 cm³/mol. The van der Waals surface area contributed by atoms with Gasteiger partial charge in [0, 0.05) is 14.7 Å². The van der Waals surface area contributed by atoms with Gasteiger partial charge in [0.2, 0.25) is 5.91 Å². The van der Waals surface area contributed by atoms with Crippen LogP contribution in [0.5, 0.6) is 0 Å². The number of nitrogens with two attached hydrogens (primary N) is 1. The number of thiocarbonyl (C=S) groups is 1. The van der Waals surface area contributed by atoms with Crippen LogP contribution in [0.2, 0.25) is 0 Å². The van der Waals surface area contributed by atoms with Crippen LogP contribution in [0.1, 0.15) is 24.1 Å². The molecule has 1 aliphatic rings. The number of halogens is 1. The lowest BCUT2D eigenvalue weighted by Crippen LogP contribution is -2.52. The van der Waals surface area contributed by atoms with E-state index < -0.39 is 5.41 Å². The second-order valence-electron chi connectivity index (χ2n) is 4.21. The number of thiophene rings is 1. The van der Waals surface area contributed by atoms with E-state index in [0.29, 0.717) is 11.5 Å². The molecule has 3 N–H and O–H groups in total. The third-order valence-corrected chi connectivity index (χ3v) is 5.25. The molecule has 92 valence electrons. The van der Waals surface area contributed by atoms with E-state index in [1.807, 2.05) is 11.4 Å². The highest BCUT2D eigenvalue weighted by molar-refractivity contribution is 9.10. The van der Waals surface area contributed by atoms with Crippen LogP contribution in [-0.2, 0) is 11.3 Å². The smallest absolute Gasteiger partial charge is 0.233 e. The summed E-state index contributed by atoms with van der Waals surface area (Å²) in [6.07, 6.45) is 2.58. The molecular formula is C11H13BrN2OS2. The summed E-state index contributed by atoms with van der Waals surface area (Å²) < 4.78 is 1.04. The number of amides is 1. The summed E-state index contributed by atoms with van der Waals surface area (Å²) in [7, 11) is 0. The standard InChI is InChI=1S/C11H13BrN2OS2/c12-7-4-8(17-6-7)5-14-10(15)11(9(13)16)2-1-3-11/h4,6H,1-3,5H2,(H2,13,16)(H,14,15). The summed E-state index contributed by atoms with van der Waals surface area (Å²) in [6.45, 7) is 0.541. The lowest BCUT2D eigenvalue weighted by atomic mass is 9.68. The molecule has 0 atom stereocenters. The van der Waals surface area contributed by atoms with Gasteiger partial charge in [-0.15, -0.1) is 11.3 Å². The van der Waals surface area contributed by atoms with E-state index in [4.69, 9.17) is 18.0 Å². The van der Waals surface area contributed by atoms with Crippen molar-refractivity contribution in [2.24, 2.45) is 11.1 Å². The average Bonchev–Trinajstić information content (AvgIpc) is 2.59. The molecule has 1 aromatic heterocycles. The molecule has 0 saturated heterocycles. The first-order valence-corrected chi connectivity index (χ1v) is 7.44. The first-order chi connectivity index (χ1) is 8.04. The Bertz CT molecular complexity index is 454. The van der Waals surface area contributed by atoms with Crippen LogP contribution in [0.15, 0.2) is 15.9 Å². The molecule has 1 fully saturated rings. The number of carbonyl (C=O) groups excluding carboxylic acids is 1. The van der Waals surface area contributed by atoms with Crippen LogP contribution in [-0.4, -0.2) is 10.9 Å². The van der Waals surface area contributed by atoms with Crippen molar-refractivity contribution in [1.29, 1.82) is 0 Å². The normalized spacial score (nSPS) is 17.2. The topological polar surface area (TPSA) is 55.1 Å². The highest BCUT2D eigenvalue weighted by atomic mass is 79.9. The molecule has 0 aromatic carbocycles. The molecular weight excluding hydrogens is 320 g/mol. The molecule has 1 saturated carbocycles. The zero-order valence-corrected chi connectivity index (χ0v) is 12.4. The minimum absolute atomic E-state index is 0.0271. The van der Waals surface area contributed by atoms with Gasteiger partial charge in [0.1, 0.15) is 0 Å². The number of hydrogen-bond donors (Lipinski definition) is 2. The molecule has 0 bridgehead atoms. The monoisotopic (exact) mass is 332 g/mol. The van der Waals surface area contributed by atoms with Crippen LogP contribution in [0, 0.1) is 5.41 Å². The number of rotatable bonds is 4. The zero-order valence-electron chi connectivity index (χ0n) is 9.16. The number of nitrogens with one attached hydrogen (secondary N) is 1. The van der Waals surface area contributed by atoms with Gasteiger partial charge < -0.3 is 11.1 Å². The van der Waals surface area contributed by atoms with E-state index in [0.717, 1.165) is 28.6 Å². The van der Waals surface area contributed by atoms with Crippen molar-refractivity contribution in [3.05, 3.63) is 20.8 Å². The van der Waals surface area contributed by atoms with Crippen molar-refractivity contribution in [3.63, 3.8) is 0 Å². The van der Waals surface area contributed by atoms with E-state index >= 15 is 0 Å². The molecule has 1 aliphatic carbocycles. The number of hydrogen-bond acceptors (Lipinski definition) is 3. The maximum atomic E-state index is 12.1. The van der Waals surface area contributed by atoms with Crippen molar-refractivity contribution >= 4 is 50.4 Å². The second-order valence-corrected chi connectivity index (χ2v) is 6.57. The van der Waals surface area contributed by atoms with Crippen molar-refractivity contribution in [2.45, 2.75) is 25.8 Å². The van der Waals surface area contributed by atoms with E-state index in [1.54, 1.807) is 11.3 Å². The van der Waals surface area contributed by atoms with Gasteiger partial charge in [-0.05, 0) is 34.8 Å². The lowest BCUT2D eigenvalue weighted by molar-refractivity contribution is -0.130. The minimum Gasteiger partial charge on any atom is -0.392 e. The molecule has 1 aromatic rings. The van der Waals surface area contributed by atoms with Gasteiger partial charge in [-0.25, -0.2) is 0 Å². The van der Waals surface area contributed by atoms with Gasteiger partial charge in [-0.3, -0.25) is 4.79 Å². The summed E-state index contributed by atoms with van der Waals surface area (Å²) in [5, 5.41) is 4.91. The third-order valence-electron chi connectivity index (χ3n) is 3.16. The summed E-state index contributed by atoms with van der Waals surface area (Å²) in [4.78, 5) is 13.5. The van der Waals surface area contributed by atoms with Gasteiger partial charge in [0.05, 0.1) is 16.9 Å². The zero-order chi connectivity index (χ0) is 12.5. The fourth-order valence-corrected chi connectivity index (χ4v) is 3.59. The Labute approximate surface area is 118 Å². The Hall–Kier alpha value is -0.460. The second kappa shape index (κ2) is 5.04. The van der Waals surface area contributed by atoms with Crippen LogP contribution >= 0.6 is 39.5 Å². The summed E-state index contributed by atoms with van der Waals surface area (Å²) in [5.41, 5.74) is 5.09. The van der Waals surface area contributed by atoms with Crippen molar-refractivity contribution in [2.75, 3.05) is 0 Å². The van der Waals surface area contributed by atoms with Gasteiger partial charge in [0.15, 0.2) is 0 Å². The Morgan fingerprint density at radius 3 is 2.76 bits per heavy atom. The molecule has 3 nitrogen and oxygen atoms in total. The van der Waals surface area contributed by atoms with Crippen LogP contribution in [0.25, 0.3) is 0 Å².